The highest BCUT2D eigenvalue weighted by atomic mass is 32.2. The Bertz CT molecular complexity index is 549. The smallest absolute Gasteiger partial charge is 0.0358 e. The van der Waals surface area contributed by atoms with Gasteiger partial charge in [0, 0.05) is 28.2 Å². The quantitative estimate of drug-likeness (QED) is 0.828. The van der Waals surface area contributed by atoms with Crippen LogP contribution in [0.3, 0.4) is 0 Å². The second kappa shape index (κ2) is 5.29. The maximum absolute atomic E-state index is 4.24. The predicted octanol–water partition coefficient (Wildman–Crippen LogP) is 4.33. The first-order valence-electron chi connectivity index (χ1n) is 6.31. The molecule has 0 amide bonds. The van der Waals surface area contributed by atoms with Crippen molar-refractivity contribution in [3.8, 4) is 0 Å². The van der Waals surface area contributed by atoms with E-state index in [9.17, 15) is 0 Å². The third-order valence-electron chi connectivity index (χ3n) is 3.32. The van der Waals surface area contributed by atoms with Crippen LogP contribution >= 0.6 is 11.9 Å². The van der Waals surface area contributed by atoms with Gasteiger partial charge < -0.3 is 0 Å². The molecule has 0 saturated heterocycles. The Labute approximate surface area is 113 Å². The molecule has 2 rings (SSSR count). The zero-order valence-electron chi connectivity index (χ0n) is 11.4. The molecule has 0 aliphatic carbocycles. The summed E-state index contributed by atoms with van der Waals surface area (Å²) in [4.78, 5) is 5.48. The molecule has 18 heavy (non-hydrogen) atoms. The Hall–Kier alpha value is -1.06. The van der Waals surface area contributed by atoms with E-state index < -0.39 is 0 Å². The standard InChI is InChI=1S/C15H20N2S/c1-5-15(3,4)17-18-14-7-6-11(2)12-8-9-16-10-13(12)14/h6-10,17H,5H2,1-4H3. The average molecular weight is 260 g/mol. The van der Waals surface area contributed by atoms with Gasteiger partial charge in [-0.15, -0.1) is 0 Å². The fourth-order valence-corrected chi connectivity index (χ4v) is 2.61. The van der Waals surface area contributed by atoms with Gasteiger partial charge in [0.05, 0.1) is 0 Å². The second-order valence-corrected chi connectivity index (χ2v) is 6.09. The van der Waals surface area contributed by atoms with Gasteiger partial charge in [0.25, 0.3) is 0 Å². The zero-order chi connectivity index (χ0) is 13.2. The second-order valence-electron chi connectivity index (χ2n) is 5.24. The molecule has 0 spiro atoms. The molecule has 0 saturated carbocycles. The van der Waals surface area contributed by atoms with Crippen molar-refractivity contribution >= 4 is 22.7 Å². The van der Waals surface area contributed by atoms with Gasteiger partial charge in [-0.2, -0.15) is 0 Å². The molecular weight excluding hydrogens is 240 g/mol. The summed E-state index contributed by atoms with van der Waals surface area (Å²) in [6.45, 7) is 8.77. The SMILES string of the molecule is CCC(C)(C)NSc1ccc(C)c2ccncc12. The Balaban J connectivity index is 2.32. The molecule has 0 radical (unpaired) electrons. The van der Waals surface area contributed by atoms with Crippen molar-refractivity contribution < 1.29 is 0 Å². The number of aromatic nitrogens is 1. The van der Waals surface area contributed by atoms with Crippen molar-refractivity contribution in [2.24, 2.45) is 0 Å². The van der Waals surface area contributed by atoms with Crippen LogP contribution in [0.25, 0.3) is 10.8 Å². The number of hydrogen-bond acceptors (Lipinski definition) is 3. The van der Waals surface area contributed by atoms with Crippen LogP contribution in [0.15, 0.2) is 35.5 Å². The van der Waals surface area contributed by atoms with Gasteiger partial charge in [-0.25, -0.2) is 0 Å². The lowest BCUT2D eigenvalue weighted by molar-refractivity contribution is 0.465. The van der Waals surface area contributed by atoms with Crippen molar-refractivity contribution in [2.75, 3.05) is 0 Å². The van der Waals surface area contributed by atoms with Gasteiger partial charge >= 0.3 is 0 Å². The van der Waals surface area contributed by atoms with Gasteiger partial charge in [-0.1, -0.05) is 13.0 Å². The maximum Gasteiger partial charge on any atom is 0.0358 e. The fourth-order valence-electron chi connectivity index (χ4n) is 1.67. The van der Waals surface area contributed by atoms with Crippen LogP contribution in [-0.2, 0) is 0 Å². The van der Waals surface area contributed by atoms with E-state index in [1.807, 2.05) is 12.4 Å². The summed E-state index contributed by atoms with van der Waals surface area (Å²) in [7, 11) is 0. The summed E-state index contributed by atoms with van der Waals surface area (Å²) in [6, 6.07) is 6.42. The maximum atomic E-state index is 4.24. The lowest BCUT2D eigenvalue weighted by Crippen LogP contribution is -2.33. The highest BCUT2D eigenvalue weighted by Crippen LogP contribution is 2.29. The Kier molecular flexibility index (Phi) is 3.93. The monoisotopic (exact) mass is 260 g/mol. The van der Waals surface area contributed by atoms with E-state index in [1.165, 1.54) is 21.2 Å². The van der Waals surface area contributed by atoms with Crippen molar-refractivity contribution in [1.29, 1.82) is 0 Å². The van der Waals surface area contributed by atoms with Crippen molar-refractivity contribution in [1.82, 2.24) is 9.71 Å². The van der Waals surface area contributed by atoms with E-state index in [-0.39, 0.29) is 5.54 Å². The zero-order valence-corrected chi connectivity index (χ0v) is 12.3. The van der Waals surface area contributed by atoms with Crippen LogP contribution in [0, 0.1) is 6.92 Å². The Morgan fingerprint density at radius 1 is 1.22 bits per heavy atom. The first kappa shape index (κ1) is 13.4. The molecule has 1 N–H and O–H groups in total. The summed E-state index contributed by atoms with van der Waals surface area (Å²) >= 11 is 1.70. The van der Waals surface area contributed by atoms with Crippen molar-refractivity contribution in [3.63, 3.8) is 0 Å². The summed E-state index contributed by atoms with van der Waals surface area (Å²) in [5.74, 6) is 0. The Morgan fingerprint density at radius 2 is 2.00 bits per heavy atom. The molecule has 1 heterocycles. The topological polar surface area (TPSA) is 24.9 Å². The number of benzene rings is 1. The number of hydrogen-bond donors (Lipinski definition) is 1. The summed E-state index contributed by atoms with van der Waals surface area (Å²) in [6.07, 6.45) is 4.90. The lowest BCUT2D eigenvalue weighted by atomic mass is 10.0. The fraction of sp³-hybridized carbons (Fsp3) is 0.400. The molecule has 0 unspecified atom stereocenters. The number of aryl methyl sites for hydroxylation is 1. The van der Waals surface area contributed by atoms with Crippen molar-refractivity contribution in [2.45, 2.75) is 44.6 Å². The number of fused-ring (bicyclic) bond motifs is 1. The third-order valence-corrected chi connectivity index (χ3v) is 4.55. The minimum absolute atomic E-state index is 0.143. The number of rotatable bonds is 4. The van der Waals surface area contributed by atoms with Gasteiger partial charge in [-0.3, -0.25) is 9.71 Å². The largest absolute Gasteiger partial charge is 0.264 e. The molecule has 0 bridgehead atoms. The summed E-state index contributed by atoms with van der Waals surface area (Å²) < 4.78 is 3.53. The molecule has 2 nitrogen and oxygen atoms in total. The van der Waals surface area contributed by atoms with Crippen LogP contribution in [0.2, 0.25) is 0 Å². The molecule has 96 valence electrons. The molecule has 1 aromatic heterocycles. The summed E-state index contributed by atoms with van der Waals surface area (Å²) in [5.41, 5.74) is 1.44. The Morgan fingerprint density at radius 3 is 2.72 bits per heavy atom. The van der Waals surface area contributed by atoms with Crippen LogP contribution in [0.5, 0.6) is 0 Å². The third kappa shape index (κ3) is 2.85. The predicted molar refractivity (Wildman–Crippen MR) is 79.8 cm³/mol. The number of nitrogens with one attached hydrogen (secondary N) is 1. The first-order valence-corrected chi connectivity index (χ1v) is 7.12. The van der Waals surface area contributed by atoms with Crippen LogP contribution in [0.1, 0.15) is 32.8 Å². The molecule has 3 heteroatoms. The highest BCUT2D eigenvalue weighted by Gasteiger charge is 2.15. The van der Waals surface area contributed by atoms with Gasteiger partial charge in [0.15, 0.2) is 0 Å². The van der Waals surface area contributed by atoms with E-state index >= 15 is 0 Å². The van der Waals surface area contributed by atoms with Crippen LogP contribution in [-0.4, -0.2) is 10.5 Å². The van der Waals surface area contributed by atoms with Gasteiger partial charge in [0.2, 0.25) is 0 Å². The van der Waals surface area contributed by atoms with E-state index in [0.717, 1.165) is 6.42 Å². The van der Waals surface area contributed by atoms with E-state index in [1.54, 1.807) is 11.9 Å². The lowest BCUT2D eigenvalue weighted by Gasteiger charge is -2.24. The minimum atomic E-state index is 0.143. The van der Waals surface area contributed by atoms with E-state index in [4.69, 9.17) is 0 Å². The van der Waals surface area contributed by atoms with Gasteiger partial charge in [0.1, 0.15) is 0 Å². The van der Waals surface area contributed by atoms with Crippen LogP contribution < -0.4 is 4.72 Å². The van der Waals surface area contributed by atoms with Crippen LogP contribution in [0.4, 0.5) is 0 Å². The first-order chi connectivity index (χ1) is 8.53. The normalized spacial score (nSPS) is 12.0. The van der Waals surface area contributed by atoms with E-state index in [0.29, 0.717) is 0 Å². The molecule has 0 fully saturated rings. The number of nitrogens with zero attached hydrogens (tertiary/aromatic N) is 1. The highest BCUT2D eigenvalue weighted by molar-refractivity contribution is 7.97. The molecular formula is C15H20N2S. The molecule has 1 aromatic carbocycles. The number of pyridine rings is 1. The van der Waals surface area contributed by atoms with Crippen molar-refractivity contribution in [3.05, 3.63) is 36.2 Å². The molecule has 0 atom stereocenters. The molecule has 2 aromatic rings. The average Bonchev–Trinajstić information content (AvgIpc) is 2.38. The molecule has 0 aliphatic rings. The van der Waals surface area contributed by atoms with E-state index in [2.05, 4.69) is 55.6 Å². The molecule has 0 aliphatic heterocycles. The summed E-state index contributed by atoms with van der Waals surface area (Å²) in [5, 5.41) is 2.51. The van der Waals surface area contributed by atoms with Gasteiger partial charge in [-0.05, 0) is 62.2 Å². The minimum Gasteiger partial charge on any atom is -0.264 e.